The van der Waals surface area contributed by atoms with Crippen LogP contribution in [0.25, 0.3) is 0 Å². The SMILES string of the molecule is COc1ccc(S(C)(=O)=O)cc1C(=O)N1CC2CCC(N)C2C1. The summed E-state index contributed by atoms with van der Waals surface area (Å²) in [5.41, 5.74) is 6.41. The van der Waals surface area contributed by atoms with E-state index in [4.69, 9.17) is 10.5 Å². The highest BCUT2D eigenvalue weighted by Crippen LogP contribution is 2.38. The van der Waals surface area contributed by atoms with Crippen molar-refractivity contribution in [3.8, 4) is 5.75 Å². The van der Waals surface area contributed by atoms with Crippen molar-refractivity contribution in [1.29, 1.82) is 0 Å². The average Bonchev–Trinajstić information content (AvgIpc) is 3.07. The van der Waals surface area contributed by atoms with Crippen molar-refractivity contribution in [3.63, 3.8) is 0 Å². The van der Waals surface area contributed by atoms with E-state index >= 15 is 0 Å². The average molecular weight is 338 g/mol. The van der Waals surface area contributed by atoms with E-state index in [9.17, 15) is 13.2 Å². The van der Waals surface area contributed by atoms with Gasteiger partial charge in [-0.1, -0.05) is 0 Å². The minimum atomic E-state index is -3.38. The molecule has 7 heteroatoms. The van der Waals surface area contributed by atoms with Gasteiger partial charge in [-0.2, -0.15) is 0 Å². The number of methoxy groups -OCH3 is 1. The maximum atomic E-state index is 12.9. The Bertz CT molecular complexity index is 732. The lowest BCUT2D eigenvalue weighted by atomic mass is 9.98. The molecule has 126 valence electrons. The van der Waals surface area contributed by atoms with Gasteiger partial charge in [-0.15, -0.1) is 0 Å². The van der Waals surface area contributed by atoms with Gasteiger partial charge in [0.1, 0.15) is 5.75 Å². The minimum Gasteiger partial charge on any atom is -0.496 e. The predicted molar refractivity (Wildman–Crippen MR) is 86.2 cm³/mol. The van der Waals surface area contributed by atoms with E-state index in [1.54, 1.807) is 4.90 Å². The van der Waals surface area contributed by atoms with Gasteiger partial charge in [-0.3, -0.25) is 4.79 Å². The highest BCUT2D eigenvalue weighted by atomic mass is 32.2. The van der Waals surface area contributed by atoms with Gasteiger partial charge >= 0.3 is 0 Å². The molecular weight excluding hydrogens is 316 g/mol. The van der Waals surface area contributed by atoms with Crippen molar-refractivity contribution in [2.45, 2.75) is 23.8 Å². The van der Waals surface area contributed by atoms with E-state index in [1.165, 1.54) is 25.3 Å². The number of hydrogen-bond donors (Lipinski definition) is 1. The molecule has 1 amide bonds. The van der Waals surface area contributed by atoms with Gasteiger partial charge in [-0.25, -0.2) is 8.42 Å². The molecule has 1 aliphatic heterocycles. The largest absolute Gasteiger partial charge is 0.496 e. The fourth-order valence-electron chi connectivity index (χ4n) is 3.73. The molecule has 23 heavy (non-hydrogen) atoms. The molecule has 1 aromatic carbocycles. The number of ether oxygens (including phenoxy) is 1. The summed E-state index contributed by atoms with van der Waals surface area (Å²) < 4.78 is 28.7. The number of likely N-dealkylation sites (tertiary alicyclic amines) is 1. The van der Waals surface area contributed by atoms with Gasteiger partial charge in [-0.05, 0) is 42.9 Å². The van der Waals surface area contributed by atoms with Crippen LogP contribution < -0.4 is 10.5 Å². The summed E-state index contributed by atoms with van der Waals surface area (Å²) in [6.45, 7) is 1.32. The van der Waals surface area contributed by atoms with Gasteiger partial charge in [0.2, 0.25) is 0 Å². The minimum absolute atomic E-state index is 0.123. The van der Waals surface area contributed by atoms with Gasteiger partial charge in [0.25, 0.3) is 5.91 Å². The number of nitrogens with two attached hydrogens (primary N) is 1. The number of rotatable bonds is 3. The monoisotopic (exact) mass is 338 g/mol. The summed E-state index contributed by atoms with van der Waals surface area (Å²) >= 11 is 0. The summed E-state index contributed by atoms with van der Waals surface area (Å²) in [6, 6.07) is 4.55. The van der Waals surface area contributed by atoms with Crippen molar-refractivity contribution in [1.82, 2.24) is 4.90 Å². The normalized spacial score (nSPS) is 27.1. The molecule has 3 atom stereocenters. The molecule has 2 N–H and O–H groups in total. The molecule has 1 aromatic rings. The number of hydrogen-bond acceptors (Lipinski definition) is 5. The Morgan fingerprint density at radius 2 is 2.04 bits per heavy atom. The number of carbonyl (C=O) groups is 1. The summed E-state index contributed by atoms with van der Waals surface area (Å²) in [6.07, 6.45) is 3.20. The van der Waals surface area contributed by atoms with Crippen molar-refractivity contribution in [2.24, 2.45) is 17.6 Å². The molecular formula is C16H22N2O4S. The number of benzene rings is 1. The van der Waals surface area contributed by atoms with Crippen LogP contribution in [0.3, 0.4) is 0 Å². The topological polar surface area (TPSA) is 89.7 Å². The molecule has 6 nitrogen and oxygen atoms in total. The number of nitrogens with zero attached hydrogens (tertiary/aromatic N) is 1. The highest BCUT2D eigenvalue weighted by molar-refractivity contribution is 7.90. The molecule has 0 radical (unpaired) electrons. The first-order valence-electron chi connectivity index (χ1n) is 7.74. The van der Waals surface area contributed by atoms with E-state index in [0.29, 0.717) is 36.2 Å². The predicted octanol–water partition coefficient (Wildman–Crippen LogP) is 0.908. The van der Waals surface area contributed by atoms with Crippen molar-refractivity contribution >= 4 is 15.7 Å². The van der Waals surface area contributed by atoms with Gasteiger partial charge < -0.3 is 15.4 Å². The Morgan fingerprint density at radius 1 is 1.30 bits per heavy atom. The first-order valence-corrected chi connectivity index (χ1v) is 9.63. The molecule has 1 aliphatic carbocycles. The Labute approximate surface area is 136 Å². The van der Waals surface area contributed by atoms with Crippen LogP contribution in [-0.4, -0.2) is 51.7 Å². The zero-order valence-electron chi connectivity index (χ0n) is 13.4. The lowest BCUT2D eigenvalue weighted by Crippen LogP contribution is -2.33. The quantitative estimate of drug-likeness (QED) is 0.885. The van der Waals surface area contributed by atoms with E-state index in [0.717, 1.165) is 19.1 Å². The first kappa shape index (κ1) is 16.3. The fourth-order valence-corrected chi connectivity index (χ4v) is 4.38. The van der Waals surface area contributed by atoms with Crippen molar-refractivity contribution in [2.75, 3.05) is 26.5 Å². The van der Waals surface area contributed by atoms with Crippen LogP contribution in [0.4, 0.5) is 0 Å². The standard InChI is InChI=1S/C16H22N2O4S/c1-22-15-6-4-11(23(2,20)21)7-12(15)16(19)18-8-10-3-5-14(17)13(10)9-18/h4,6-7,10,13-14H,3,5,8-9,17H2,1-2H3. The van der Waals surface area contributed by atoms with E-state index in [-0.39, 0.29) is 16.8 Å². The summed E-state index contributed by atoms with van der Waals surface area (Å²) in [4.78, 5) is 14.8. The van der Waals surface area contributed by atoms with Crippen LogP contribution in [-0.2, 0) is 9.84 Å². The van der Waals surface area contributed by atoms with E-state index in [1.807, 2.05) is 0 Å². The zero-order chi connectivity index (χ0) is 16.8. The molecule has 3 rings (SSSR count). The third-order valence-electron chi connectivity index (χ3n) is 5.03. The molecule has 1 heterocycles. The third-order valence-corrected chi connectivity index (χ3v) is 6.14. The Morgan fingerprint density at radius 3 is 2.65 bits per heavy atom. The first-order chi connectivity index (χ1) is 10.8. The second-order valence-electron chi connectivity index (χ2n) is 6.51. The number of carbonyl (C=O) groups excluding carboxylic acids is 1. The lowest BCUT2D eigenvalue weighted by molar-refractivity contribution is 0.0776. The third kappa shape index (κ3) is 2.95. The van der Waals surface area contributed by atoms with Gasteiger partial charge in [0.05, 0.1) is 17.6 Å². The fraction of sp³-hybridized carbons (Fsp3) is 0.562. The van der Waals surface area contributed by atoms with Crippen LogP contribution in [0.5, 0.6) is 5.75 Å². The van der Waals surface area contributed by atoms with E-state index < -0.39 is 9.84 Å². The molecule has 0 bridgehead atoms. The van der Waals surface area contributed by atoms with Crippen LogP contribution in [0.1, 0.15) is 23.2 Å². The van der Waals surface area contributed by atoms with Gasteiger partial charge in [0, 0.05) is 25.4 Å². The molecule has 1 saturated heterocycles. The molecule has 3 unspecified atom stereocenters. The summed E-state index contributed by atoms with van der Waals surface area (Å²) in [5.74, 6) is 1.01. The number of sulfone groups is 1. The van der Waals surface area contributed by atoms with Crippen LogP contribution >= 0.6 is 0 Å². The zero-order valence-corrected chi connectivity index (χ0v) is 14.2. The Hall–Kier alpha value is -1.60. The second-order valence-corrected chi connectivity index (χ2v) is 8.53. The number of fused-ring (bicyclic) bond motifs is 1. The van der Waals surface area contributed by atoms with Crippen LogP contribution in [0.15, 0.2) is 23.1 Å². The smallest absolute Gasteiger partial charge is 0.257 e. The lowest BCUT2D eigenvalue weighted by Gasteiger charge is -2.20. The van der Waals surface area contributed by atoms with Gasteiger partial charge in [0.15, 0.2) is 9.84 Å². The summed E-state index contributed by atoms with van der Waals surface area (Å²) in [5, 5.41) is 0. The Kier molecular flexibility index (Phi) is 4.10. The van der Waals surface area contributed by atoms with E-state index in [2.05, 4.69) is 0 Å². The van der Waals surface area contributed by atoms with Crippen molar-refractivity contribution < 1.29 is 17.9 Å². The molecule has 0 aromatic heterocycles. The highest BCUT2D eigenvalue weighted by Gasteiger charge is 2.43. The maximum absolute atomic E-state index is 12.9. The maximum Gasteiger partial charge on any atom is 0.257 e. The molecule has 2 fully saturated rings. The Balaban J connectivity index is 1.90. The second kappa shape index (κ2) is 5.79. The van der Waals surface area contributed by atoms with Crippen LogP contribution in [0.2, 0.25) is 0 Å². The molecule has 2 aliphatic rings. The summed E-state index contributed by atoms with van der Waals surface area (Å²) in [7, 11) is -1.90. The molecule has 1 saturated carbocycles. The van der Waals surface area contributed by atoms with Crippen molar-refractivity contribution in [3.05, 3.63) is 23.8 Å². The molecule has 0 spiro atoms. The number of amides is 1. The van der Waals surface area contributed by atoms with Crippen LogP contribution in [0, 0.1) is 11.8 Å².